The van der Waals surface area contributed by atoms with Crippen molar-refractivity contribution in [3.63, 3.8) is 0 Å². The molecule has 1 amide bonds. The molecule has 3 aliphatic heterocycles. The van der Waals surface area contributed by atoms with Gasteiger partial charge >= 0.3 is 5.97 Å². The largest absolute Gasteiger partial charge is 0.459 e. The van der Waals surface area contributed by atoms with Gasteiger partial charge in [0.25, 0.3) is 0 Å². The van der Waals surface area contributed by atoms with Gasteiger partial charge in [-0.05, 0) is 56.7 Å². The van der Waals surface area contributed by atoms with Crippen LogP contribution in [-0.2, 0) is 19.1 Å². The van der Waals surface area contributed by atoms with Crippen LogP contribution in [0.5, 0.6) is 0 Å². The average molecular weight is 474 g/mol. The molecule has 4 rings (SSSR count). The first-order valence-corrected chi connectivity index (χ1v) is 12.0. The van der Waals surface area contributed by atoms with Gasteiger partial charge in [0.2, 0.25) is 5.91 Å². The minimum Gasteiger partial charge on any atom is -0.459 e. The zero-order valence-corrected chi connectivity index (χ0v) is 19.8. The maximum atomic E-state index is 14.2. The van der Waals surface area contributed by atoms with Crippen LogP contribution in [0.4, 0.5) is 4.39 Å². The van der Waals surface area contributed by atoms with E-state index in [1.54, 1.807) is 32.9 Å². The molecule has 0 aromatic heterocycles. The maximum absolute atomic E-state index is 14.2. The highest BCUT2D eigenvalue weighted by atomic mass is 32.2. The van der Waals surface area contributed by atoms with Crippen LogP contribution in [-0.4, -0.2) is 47.3 Å². The Morgan fingerprint density at radius 1 is 1.39 bits per heavy atom. The summed E-state index contributed by atoms with van der Waals surface area (Å²) in [6.07, 6.45) is 1.79. The molecule has 3 aliphatic rings. The van der Waals surface area contributed by atoms with Crippen LogP contribution in [0.25, 0.3) is 0 Å². The number of fused-ring (bicyclic) bond motifs is 1. The second-order valence-corrected chi connectivity index (χ2v) is 9.35. The van der Waals surface area contributed by atoms with E-state index in [2.05, 4.69) is 10.3 Å². The molecule has 1 aromatic carbocycles. The number of nitrogens with one attached hydrogen (secondary N) is 1. The molecule has 0 unspecified atom stereocenters. The lowest BCUT2D eigenvalue weighted by Crippen LogP contribution is -2.39. The van der Waals surface area contributed by atoms with Crippen molar-refractivity contribution in [3.8, 4) is 0 Å². The number of ether oxygens (including phenoxy) is 2. The average Bonchev–Trinajstić information content (AvgIpc) is 3.41. The van der Waals surface area contributed by atoms with E-state index in [0.717, 1.165) is 19.4 Å². The van der Waals surface area contributed by atoms with E-state index in [1.165, 1.54) is 23.9 Å². The van der Waals surface area contributed by atoms with Crippen molar-refractivity contribution in [3.05, 3.63) is 58.0 Å². The van der Waals surface area contributed by atoms with Crippen molar-refractivity contribution >= 4 is 28.8 Å². The molecule has 33 heavy (non-hydrogen) atoms. The second-order valence-electron chi connectivity index (χ2n) is 8.52. The van der Waals surface area contributed by atoms with E-state index in [0.29, 0.717) is 34.2 Å². The summed E-state index contributed by atoms with van der Waals surface area (Å²) in [7, 11) is 0. The summed E-state index contributed by atoms with van der Waals surface area (Å²) < 4.78 is 25.2. The Labute approximate surface area is 197 Å². The Hall–Kier alpha value is -2.65. The Morgan fingerprint density at radius 2 is 2.21 bits per heavy atom. The first kappa shape index (κ1) is 23.5. The SMILES string of the molecule is CC1=C(C(=O)OC(C)C)[C@@H](c2cccc(F)c2)N2C(CC(=O)NC[C@H]3CCCO3)=CSC2=N1. The van der Waals surface area contributed by atoms with Crippen LogP contribution in [0.3, 0.4) is 0 Å². The molecule has 0 spiro atoms. The number of nitrogens with zero attached hydrogens (tertiary/aromatic N) is 2. The minimum absolute atomic E-state index is 0.0519. The number of rotatable bonds is 7. The molecule has 0 radical (unpaired) electrons. The fraction of sp³-hybridized carbons (Fsp3) is 0.458. The van der Waals surface area contributed by atoms with Crippen molar-refractivity contribution < 1.29 is 23.5 Å². The molecule has 0 bridgehead atoms. The molecule has 9 heteroatoms. The van der Waals surface area contributed by atoms with Gasteiger partial charge in [-0.25, -0.2) is 14.2 Å². The summed E-state index contributed by atoms with van der Waals surface area (Å²) >= 11 is 1.38. The van der Waals surface area contributed by atoms with E-state index in [9.17, 15) is 14.0 Å². The number of hydrogen-bond donors (Lipinski definition) is 1. The smallest absolute Gasteiger partial charge is 0.338 e. The second kappa shape index (κ2) is 10.1. The zero-order chi connectivity index (χ0) is 23.5. The molecule has 0 aliphatic carbocycles. The number of hydrogen-bond acceptors (Lipinski definition) is 7. The van der Waals surface area contributed by atoms with Gasteiger partial charge in [0.15, 0.2) is 5.17 Å². The molecular weight excluding hydrogens is 445 g/mol. The maximum Gasteiger partial charge on any atom is 0.338 e. The molecule has 2 atom stereocenters. The molecule has 1 fully saturated rings. The van der Waals surface area contributed by atoms with Gasteiger partial charge < -0.3 is 19.7 Å². The number of allylic oxidation sites excluding steroid dienone is 1. The Morgan fingerprint density at radius 3 is 2.91 bits per heavy atom. The zero-order valence-electron chi connectivity index (χ0n) is 19.0. The Bertz CT molecular complexity index is 1030. The Balaban J connectivity index is 1.61. The van der Waals surface area contributed by atoms with Crippen LogP contribution in [0.2, 0.25) is 0 Å². The number of esters is 1. The number of carbonyl (C=O) groups excluding carboxylic acids is 2. The third-order valence-electron chi connectivity index (χ3n) is 5.62. The van der Waals surface area contributed by atoms with Crippen molar-refractivity contribution in [2.75, 3.05) is 13.2 Å². The van der Waals surface area contributed by atoms with Crippen molar-refractivity contribution in [2.45, 2.75) is 58.3 Å². The highest BCUT2D eigenvalue weighted by Gasteiger charge is 2.41. The molecule has 1 saturated heterocycles. The molecule has 176 valence electrons. The van der Waals surface area contributed by atoms with E-state index >= 15 is 0 Å². The number of benzene rings is 1. The van der Waals surface area contributed by atoms with E-state index in [4.69, 9.17) is 9.47 Å². The van der Waals surface area contributed by atoms with Crippen LogP contribution in [0.1, 0.15) is 51.6 Å². The highest BCUT2D eigenvalue weighted by Crippen LogP contribution is 2.45. The van der Waals surface area contributed by atoms with Gasteiger partial charge in [0.05, 0.1) is 35.9 Å². The minimum atomic E-state index is -0.647. The summed E-state index contributed by atoms with van der Waals surface area (Å²) in [5.74, 6) is -1.05. The van der Waals surface area contributed by atoms with Gasteiger partial charge in [-0.2, -0.15) is 0 Å². The monoisotopic (exact) mass is 473 g/mol. The third kappa shape index (κ3) is 5.30. The van der Waals surface area contributed by atoms with Crippen LogP contribution in [0, 0.1) is 5.82 Å². The predicted molar refractivity (Wildman–Crippen MR) is 125 cm³/mol. The fourth-order valence-electron chi connectivity index (χ4n) is 4.16. The standard InChI is InChI=1S/C24H28FN3O4S/c1-14(2)32-23(30)21-15(3)27-24-28(22(21)16-6-4-7-17(25)10-16)18(13-33-24)11-20(29)26-12-19-8-5-9-31-19/h4,6-7,10,13-14,19,22H,5,8-9,11-12H2,1-3H3,(H,26,29)/t19-,22-/m1/s1. The predicted octanol–water partition coefficient (Wildman–Crippen LogP) is 4.04. The number of amidine groups is 1. The van der Waals surface area contributed by atoms with Gasteiger partial charge in [-0.3, -0.25) is 4.79 Å². The topological polar surface area (TPSA) is 80.2 Å². The first-order chi connectivity index (χ1) is 15.8. The van der Waals surface area contributed by atoms with Crippen LogP contribution < -0.4 is 5.32 Å². The lowest BCUT2D eigenvalue weighted by atomic mass is 9.93. The van der Waals surface area contributed by atoms with Gasteiger partial charge in [0.1, 0.15) is 5.82 Å². The lowest BCUT2D eigenvalue weighted by Gasteiger charge is -2.36. The summed E-state index contributed by atoms with van der Waals surface area (Å²) in [5.41, 5.74) is 2.14. The number of thioether (sulfide) groups is 1. The normalized spacial score (nSPS) is 22.3. The van der Waals surface area contributed by atoms with Gasteiger partial charge in [-0.15, -0.1) is 0 Å². The van der Waals surface area contributed by atoms with Crippen molar-refractivity contribution in [2.24, 2.45) is 4.99 Å². The summed E-state index contributed by atoms with van der Waals surface area (Å²) in [6.45, 7) is 6.50. The molecule has 1 aromatic rings. The van der Waals surface area contributed by atoms with Crippen LogP contribution in [0.15, 0.2) is 51.6 Å². The number of aliphatic imine (C=N–C) groups is 1. The van der Waals surface area contributed by atoms with Gasteiger partial charge in [0, 0.05) is 18.8 Å². The van der Waals surface area contributed by atoms with Crippen molar-refractivity contribution in [1.29, 1.82) is 0 Å². The molecule has 1 N–H and O–H groups in total. The number of carbonyl (C=O) groups is 2. The van der Waals surface area contributed by atoms with E-state index < -0.39 is 17.8 Å². The third-order valence-corrected chi connectivity index (χ3v) is 6.51. The number of amides is 1. The first-order valence-electron chi connectivity index (χ1n) is 11.1. The molecular formula is C24H28FN3O4S. The number of halogens is 1. The lowest BCUT2D eigenvalue weighted by molar-refractivity contribution is -0.143. The quantitative estimate of drug-likeness (QED) is 0.602. The van der Waals surface area contributed by atoms with Gasteiger partial charge in [-0.1, -0.05) is 23.9 Å². The molecule has 3 heterocycles. The van der Waals surface area contributed by atoms with Crippen molar-refractivity contribution in [1.82, 2.24) is 10.2 Å². The van der Waals surface area contributed by atoms with Crippen LogP contribution >= 0.6 is 11.8 Å². The summed E-state index contributed by atoms with van der Waals surface area (Å²) in [4.78, 5) is 32.2. The van der Waals surface area contributed by atoms with E-state index in [-0.39, 0.29) is 24.5 Å². The fourth-order valence-corrected chi connectivity index (χ4v) is 5.12. The summed E-state index contributed by atoms with van der Waals surface area (Å²) in [5, 5.41) is 5.44. The highest BCUT2D eigenvalue weighted by molar-refractivity contribution is 8.16. The molecule has 7 nitrogen and oxygen atoms in total. The molecule has 0 saturated carbocycles. The van der Waals surface area contributed by atoms with E-state index in [1.807, 2.05) is 10.3 Å². The Kier molecular flexibility index (Phi) is 7.19. The summed E-state index contributed by atoms with van der Waals surface area (Å²) in [6, 6.07) is 5.49.